The van der Waals surface area contributed by atoms with E-state index in [0.29, 0.717) is 0 Å². The van der Waals surface area contributed by atoms with Gasteiger partial charge in [-0.05, 0) is 42.5 Å². The van der Waals surface area contributed by atoms with Gasteiger partial charge in [-0.15, -0.1) is 0 Å². The number of benzene rings is 2. The lowest BCUT2D eigenvalue weighted by Gasteiger charge is -2.15. The van der Waals surface area contributed by atoms with E-state index in [2.05, 4.69) is 22.2 Å². The van der Waals surface area contributed by atoms with E-state index in [0.717, 1.165) is 41.0 Å². The summed E-state index contributed by atoms with van der Waals surface area (Å²) >= 11 is 0. The number of rotatable bonds is 6. The zero-order chi connectivity index (χ0) is 18.1. The lowest BCUT2D eigenvalue weighted by atomic mass is 10.1. The molecule has 1 heterocycles. The number of amides is 1. The number of aromatic amines is 1. The Kier molecular flexibility index (Phi) is 4.37. The number of aromatic nitrogens is 2. The van der Waals surface area contributed by atoms with Gasteiger partial charge in [0.05, 0.1) is 24.2 Å². The van der Waals surface area contributed by atoms with Gasteiger partial charge in [-0.3, -0.25) is 4.79 Å². The Morgan fingerprint density at radius 2 is 2.04 bits per heavy atom. The number of para-hydroxylation sites is 3. The van der Waals surface area contributed by atoms with Crippen LogP contribution in [0.15, 0.2) is 48.5 Å². The number of hydrogen-bond acceptors (Lipinski definition) is 3. The molecule has 4 rings (SSSR count). The molecule has 0 radical (unpaired) electrons. The lowest BCUT2D eigenvalue weighted by molar-refractivity contribution is -0.123. The highest BCUT2D eigenvalue weighted by molar-refractivity contribution is 5.83. The third-order valence-electron chi connectivity index (χ3n) is 5.13. The van der Waals surface area contributed by atoms with Crippen LogP contribution in [0.5, 0.6) is 5.75 Å². The Morgan fingerprint density at radius 1 is 1.27 bits per heavy atom. The first kappa shape index (κ1) is 16.6. The van der Waals surface area contributed by atoms with E-state index in [1.807, 2.05) is 48.5 Å². The van der Waals surface area contributed by atoms with Crippen molar-refractivity contribution in [2.45, 2.75) is 31.7 Å². The van der Waals surface area contributed by atoms with E-state index in [4.69, 9.17) is 4.74 Å². The number of imidazole rings is 1. The van der Waals surface area contributed by atoms with Gasteiger partial charge in [0.15, 0.2) is 0 Å². The van der Waals surface area contributed by atoms with Crippen LogP contribution in [0.2, 0.25) is 0 Å². The second-order valence-electron chi connectivity index (χ2n) is 6.80. The molecule has 2 aromatic carbocycles. The number of fused-ring (bicyclic) bond motifs is 1. The Balaban J connectivity index is 1.47. The first-order valence-corrected chi connectivity index (χ1v) is 9.09. The molecule has 0 spiro atoms. The molecular weight excluding hydrogens is 326 g/mol. The predicted octanol–water partition coefficient (Wildman–Crippen LogP) is 3.94. The van der Waals surface area contributed by atoms with Crippen molar-refractivity contribution in [2.75, 3.05) is 7.11 Å². The number of carbonyl (C=O) groups is 1. The lowest BCUT2D eigenvalue weighted by Crippen LogP contribution is -2.30. The van der Waals surface area contributed by atoms with E-state index in [1.165, 1.54) is 0 Å². The van der Waals surface area contributed by atoms with Gasteiger partial charge in [0.1, 0.15) is 11.6 Å². The fraction of sp³-hybridized carbons (Fsp3) is 0.333. The van der Waals surface area contributed by atoms with Crippen molar-refractivity contribution in [3.8, 4) is 5.75 Å². The van der Waals surface area contributed by atoms with Gasteiger partial charge in [0, 0.05) is 5.92 Å². The number of nitrogens with one attached hydrogen (secondary N) is 2. The second kappa shape index (κ2) is 6.83. The largest absolute Gasteiger partial charge is 0.496 e. The molecular formula is C21H23N3O2. The van der Waals surface area contributed by atoms with E-state index in [-0.39, 0.29) is 23.8 Å². The first-order chi connectivity index (χ1) is 12.7. The summed E-state index contributed by atoms with van der Waals surface area (Å²) in [6.07, 6.45) is 1.65. The van der Waals surface area contributed by atoms with Gasteiger partial charge < -0.3 is 15.0 Å². The van der Waals surface area contributed by atoms with Crippen LogP contribution in [0.3, 0.4) is 0 Å². The summed E-state index contributed by atoms with van der Waals surface area (Å²) in [6.45, 7) is 2.06. The Morgan fingerprint density at radius 3 is 2.81 bits per heavy atom. The van der Waals surface area contributed by atoms with Crippen LogP contribution in [0.25, 0.3) is 11.0 Å². The van der Waals surface area contributed by atoms with Gasteiger partial charge in [-0.2, -0.15) is 0 Å². The SMILES string of the molecule is CCC(NC(=O)[C@@H]1C[C@H]1c1ccccc1OC)c1nc2ccccc2[nH]1. The molecule has 1 saturated carbocycles. The summed E-state index contributed by atoms with van der Waals surface area (Å²) in [5.74, 6) is 2.01. The molecule has 0 saturated heterocycles. The molecule has 1 aliphatic carbocycles. The second-order valence-corrected chi connectivity index (χ2v) is 6.80. The number of methoxy groups -OCH3 is 1. The Hall–Kier alpha value is -2.82. The number of hydrogen-bond donors (Lipinski definition) is 2. The first-order valence-electron chi connectivity index (χ1n) is 9.09. The zero-order valence-corrected chi connectivity index (χ0v) is 15.0. The van der Waals surface area contributed by atoms with Crippen LogP contribution >= 0.6 is 0 Å². The molecule has 5 nitrogen and oxygen atoms in total. The highest BCUT2D eigenvalue weighted by atomic mass is 16.5. The van der Waals surface area contributed by atoms with E-state index < -0.39 is 0 Å². The minimum absolute atomic E-state index is 0.00438. The molecule has 0 bridgehead atoms. The minimum atomic E-state index is -0.103. The number of H-pyrrole nitrogens is 1. The minimum Gasteiger partial charge on any atom is -0.496 e. The summed E-state index contributed by atoms with van der Waals surface area (Å²) in [7, 11) is 1.67. The van der Waals surface area contributed by atoms with Gasteiger partial charge in [-0.25, -0.2) is 4.98 Å². The van der Waals surface area contributed by atoms with Crippen molar-refractivity contribution >= 4 is 16.9 Å². The molecule has 1 fully saturated rings. The highest BCUT2D eigenvalue weighted by Gasteiger charge is 2.45. The molecule has 1 aromatic heterocycles. The average Bonchev–Trinajstić information content (AvgIpc) is 3.36. The fourth-order valence-corrected chi connectivity index (χ4v) is 3.58. The molecule has 5 heteroatoms. The molecule has 1 aliphatic rings. The van der Waals surface area contributed by atoms with E-state index >= 15 is 0 Å². The Labute approximate surface area is 152 Å². The number of nitrogens with zero attached hydrogens (tertiary/aromatic N) is 1. The van der Waals surface area contributed by atoms with Gasteiger partial charge >= 0.3 is 0 Å². The quantitative estimate of drug-likeness (QED) is 0.708. The average molecular weight is 349 g/mol. The maximum absolute atomic E-state index is 12.8. The summed E-state index contributed by atoms with van der Waals surface area (Å²) in [5.41, 5.74) is 3.04. The maximum Gasteiger partial charge on any atom is 0.224 e. The molecule has 1 amide bonds. The molecule has 134 valence electrons. The zero-order valence-electron chi connectivity index (χ0n) is 15.0. The predicted molar refractivity (Wildman–Crippen MR) is 101 cm³/mol. The highest BCUT2D eigenvalue weighted by Crippen LogP contribution is 2.50. The molecule has 1 unspecified atom stereocenters. The third-order valence-corrected chi connectivity index (χ3v) is 5.13. The van der Waals surface area contributed by atoms with Crippen LogP contribution < -0.4 is 10.1 Å². The Bertz CT molecular complexity index is 901. The summed E-state index contributed by atoms with van der Waals surface area (Å²) < 4.78 is 5.43. The van der Waals surface area contributed by atoms with E-state index in [9.17, 15) is 4.79 Å². The van der Waals surface area contributed by atoms with Crippen LogP contribution in [-0.4, -0.2) is 23.0 Å². The standard InChI is InChI=1S/C21H23N3O2/c1-3-16(20-22-17-9-5-6-10-18(17)23-20)24-21(25)15-12-14(15)13-8-4-7-11-19(13)26-2/h4-11,14-16H,3,12H2,1-2H3,(H,22,23)(H,24,25)/t14-,15+,16?/m0/s1. The van der Waals surface area contributed by atoms with Gasteiger partial charge in [0.25, 0.3) is 0 Å². The van der Waals surface area contributed by atoms with Crippen molar-refractivity contribution < 1.29 is 9.53 Å². The monoisotopic (exact) mass is 349 g/mol. The van der Waals surface area contributed by atoms with Crippen LogP contribution in [-0.2, 0) is 4.79 Å². The molecule has 2 N–H and O–H groups in total. The van der Waals surface area contributed by atoms with Crippen molar-refractivity contribution in [2.24, 2.45) is 5.92 Å². The molecule has 26 heavy (non-hydrogen) atoms. The normalized spacial score (nSPS) is 19.9. The van der Waals surface area contributed by atoms with Crippen molar-refractivity contribution in [1.29, 1.82) is 0 Å². The molecule has 3 aromatic rings. The van der Waals surface area contributed by atoms with Crippen LogP contribution in [0.4, 0.5) is 0 Å². The van der Waals surface area contributed by atoms with Crippen LogP contribution in [0.1, 0.15) is 43.1 Å². The van der Waals surface area contributed by atoms with Crippen molar-refractivity contribution in [3.63, 3.8) is 0 Å². The van der Waals surface area contributed by atoms with Crippen LogP contribution in [0, 0.1) is 5.92 Å². The smallest absolute Gasteiger partial charge is 0.224 e. The van der Waals surface area contributed by atoms with Gasteiger partial charge in [-0.1, -0.05) is 37.3 Å². The fourth-order valence-electron chi connectivity index (χ4n) is 3.58. The summed E-state index contributed by atoms with van der Waals surface area (Å²) in [5, 5.41) is 3.17. The molecule has 0 aliphatic heterocycles. The van der Waals surface area contributed by atoms with E-state index in [1.54, 1.807) is 7.11 Å². The van der Waals surface area contributed by atoms with Crippen molar-refractivity contribution in [3.05, 3.63) is 59.9 Å². The number of carbonyl (C=O) groups excluding carboxylic acids is 1. The third kappa shape index (κ3) is 3.05. The summed E-state index contributed by atoms with van der Waals surface area (Å²) in [4.78, 5) is 20.7. The maximum atomic E-state index is 12.8. The number of ether oxygens (including phenoxy) is 1. The topological polar surface area (TPSA) is 67.0 Å². The van der Waals surface area contributed by atoms with Gasteiger partial charge in [0.2, 0.25) is 5.91 Å². The molecule has 3 atom stereocenters. The van der Waals surface area contributed by atoms with Crippen molar-refractivity contribution in [1.82, 2.24) is 15.3 Å². The summed E-state index contributed by atoms with van der Waals surface area (Å²) in [6, 6.07) is 15.8.